The first kappa shape index (κ1) is 15.6. The van der Waals surface area contributed by atoms with E-state index in [9.17, 15) is 18.0 Å². The Kier molecular flexibility index (Phi) is 4.13. The van der Waals surface area contributed by atoms with Gasteiger partial charge in [0.2, 0.25) is 5.91 Å². The van der Waals surface area contributed by atoms with Crippen molar-refractivity contribution < 1.29 is 22.7 Å². The maximum absolute atomic E-state index is 13.1. The molecule has 116 valence electrons. The van der Waals surface area contributed by atoms with Crippen LogP contribution < -0.4 is 15.4 Å². The molecule has 0 aromatic heterocycles. The van der Waals surface area contributed by atoms with Crippen molar-refractivity contribution in [3.05, 3.63) is 23.8 Å². The summed E-state index contributed by atoms with van der Waals surface area (Å²) in [4.78, 5) is 12.2. The lowest BCUT2D eigenvalue weighted by Gasteiger charge is -2.24. The van der Waals surface area contributed by atoms with E-state index in [0.717, 1.165) is 12.5 Å². The van der Waals surface area contributed by atoms with Crippen LogP contribution in [0, 0.1) is 0 Å². The van der Waals surface area contributed by atoms with Gasteiger partial charge in [-0.05, 0) is 44.5 Å². The van der Waals surface area contributed by atoms with E-state index in [2.05, 4.69) is 10.6 Å². The molecule has 1 heterocycles. The first-order valence-electron chi connectivity index (χ1n) is 6.58. The van der Waals surface area contributed by atoms with E-state index < -0.39 is 23.2 Å². The zero-order valence-corrected chi connectivity index (χ0v) is 11.8. The van der Waals surface area contributed by atoms with Crippen molar-refractivity contribution in [3.8, 4) is 5.75 Å². The number of amides is 1. The topological polar surface area (TPSA) is 50.4 Å². The Morgan fingerprint density at radius 1 is 1.43 bits per heavy atom. The maximum Gasteiger partial charge on any atom is 0.418 e. The van der Waals surface area contributed by atoms with Crippen LogP contribution in [0.15, 0.2) is 18.2 Å². The summed E-state index contributed by atoms with van der Waals surface area (Å²) in [6.07, 6.45) is -3.16. The Balaban J connectivity index is 2.29. The highest BCUT2D eigenvalue weighted by atomic mass is 19.4. The van der Waals surface area contributed by atoms with Crippen LogP contribution >= 0.6 is 0 Å². The molecule has 4 nitrogen and oxygen atoms in total. The number of carbonyl (C=O) groups is 1. The first-order chi connectivity index (χ1) is 9.76. The molecule has 0 saturated carbocycles. The van der Waals surface area contributed by atoms with Gasteiger partial charge in [-0.1, -0.05) is 0 Å². The van der Waals surface area contributed by atoms with Gasteiger partial charge in [0.15, 0.2) is 0 Å². The number of hydrogen-bond acceptors (Lipinski definition) is 3. The number of alkyl halides is 3. The fourth-order valence-electron chi connectivity index (χ4n) is 2.34. The number of benzene rings is 1. The summed E-state index contributed by atoms with van der Waals surface area (Å²) in [6.45, 7) is 2.37. The molecule has 1 aromatic rings. The predicted octanol–water partition coefficient (Wildman–Crippen LogP) is 2.79. The number of nitrogens with one attached hydrogen (secondary N) is 2. The molecule has 2 N–H and O–H groups in total. The fourth-order valence-corrected chi connectivity index (χ4v) is 2.34. The van der Waals surface area contributed by atoms with E-state index in [1.165, 1.54) is 19.2 Å². The van der Waals surface area contributed by atoms with Crippen molar-refractivity contribution in [2.24, 2.45) is 0 Å². The molecule has 1 amide bonds. The van der Waals surface area contributed by atoms with Crippen molar-refractivity contribution in [1.29, 1.82) is 0 Å². The van der Waals surface area contributed by atoms with Gasteiger partial charge in [0, 0.05) is 0 Å². The van der Waals surface area contributed by atoms with Gasteiger partial charge in [0.25, 0.3) is 0 Å². The zero-order valence-electron chi connectivity index (χ0n) is 11.8. The summed E-state index contributed by atoms with van der Waals surface area (Å²) in [5, 5.41) is 5.39. The quantitative estimate of drug-likeness (QED) is 0.902. The second-order valence-electron chi connectivity index (χ2n) is 5.23. The van der Waals surface area contributed by atoms with Crippen LogP contribution in [-0.2, 0) is 11.0 Å². The first-order valence-corrected chi connectivity index (χ1v) is 6.58. The summed E-state index contributed by atoms with van der Waals surface area (Å²) in [6, 6.07) is 3.47. The van der Waals surface area contributed by atoms with E-state index in [-0.39, 0.29) is 11.4 Å². The monoisotopic (exact) mass is 302 g/mol. The van der Waals surface area contributed by atoms with Gasteiger partial charge in [-0.15, -0.1) is 0 Å². The number of methoxy groups -OCH3 is 1. The number of rotatable bonds is 3. The molecule has 0 aliphatic carbocycles. The third-order valence-electron chi connectivity index (χ3n) is 3.65. The molecule has 0 radical (unpaired) electrons. The number of halogens is 3. The zero-order chi connectivity index (χ0) is 15.7. The standard InChI is InChI=1S/C14H17F3N2O2/c1-13(6-3-7-18-13)12(20)19-11-5-4-9(21-2)8-10(11)14(15,16)17/h4-5,8,18H,3,6-7H2,1-2H3,(H,19,20). The minimum atomic E-state index is -4.57. The maximum atomic E-state index is 13.1. The summed E-state index contributed by atoms with van der Waals surface area (Å²) >= 11 is 0. The molecule has 0 bridgehead atoms. The third-order valence-corrected chi connectivity index (χ3v) is 3.65. The van der Waals surface area contributed by atoms with E-state index in [1.807, 2.05) is 0 Å². The minimum Gasteiger partial charge on any atom is -0.497 e. The third kappa shape index (κ3) is 3.29. The second kappa shape index (κ2) is 5.55. The van der Waals surface area contributed by atoms with E-state index in [0.29, 0.717) is 13.0 Å². The Morgan fingerprint density at radius 2 is 2.14 bits per heavy atom. The molecule has 1 fully saturated rings. The van der Waals surface area contributed by atoms with E-state index >= 15 is 0 Å². The SMILES string of the molecule is COc1ccc(NC(=O)C2(C)CCCN2)c(C(F)(F)F)c1. The van der Waals surface area contributed by atoms with Crippen LogP contribution in [0.3, 0.4) is 0 Å². The molecule has 2 rings (SSSR count). The van der Waals surface area contributed by atoms with Crippen molar-refractivity contribution in [1.82, 2.24) is 5.32 Å². The second-order valence-corrected chi connectivity index (χ2v) is 5.23. The van der Waals surface area contributed by atoms with Crippen LogP contribution in [0.25, 0.3) is 0 Å². The largest absolute Gasteiger partial charge is 0.497 e. The highest BCUT2D eigenvalue weighted by Gasteiger charge is 2.39. The summed E-state index contributed by atoms with van der Waals surface area (Å²) in [7, 11) is 1.29. The van der Waals surface area contributed by atoms with Gasteiger partial charge in [0.1, 0.15) is 5.75 Å². The van der Waals surface area contributed by atoms with Crippen molar-refractivity contribution in [2.45, 2.75) is 31.5 Å². The van der Waals surface area contributed by atoms with Gasteiger partial charge in [-0.2, -0.15) is 13.2 Å². The van der Waals surface area contributed by atoms with Crippen molar-refractivity contribution in [2.75, 3.05) is 19.0 Å². The van der Waals surface area contributed by atoms with Crippen molar-refractivity contribution >= 4 is 11.6 Å². The van der Waals surface area contributed by atoms with Crippen LogP contribution in [0.2, 0.25) is 0 Å². The van der Waals surface area contributed by atoms with Gasteiger partial charge in [0.05, 0.1) is 23.9 Å². The number of hydrogen-bond donors (Lipinski definition) is 2. The molecule has 1 aliphatic rings. The van der Waals surface area contributed by atoms with Gasteiger partial charge >= 0.3 is 6.18 Å². The van der Waals surface area contributed by atoms with Crippen LogP contribution in [0.5, 0.6) is 5.75 Å². The smallest absolute Gasteiger partial charge is 0.418 e. The minimum absolute atomic E-state index is 0.0885. The lowest BCUT2D eigenvalue weighted by Crippen LogP contribution is -2.48. The molecule has 1 unspecified atom stereocenters. The van der Waals surface area contributed by atoms with Crippen LogP contribution in [-0.4, -0.2) is 25.1 Å². The van der Waals surface area contributed by atoms with E-state index in [1.54, 1.807) is 6.92 Å². The van der Waals surface area contributed by atoms with Crippen molar-refractivity contribution in [3.63, 3.8) is 0 Å². The summed E-state index contributed by atoms with van der Waals surface area (Å²) < 4.78 is 44.0. The lowest BCUT2D eigenvalue weighted by atomic mass is 9.99. The average molecular weight is 302 g/mol. The molecule has 0 spiro atoms. The van der Waals surface area contributed by atoms with Crippen LogP contribution in [0.4, 0.5) is 18.9 Å². The molecular weight excluding hydrogens is 285 g/mol. The molecule has 7 heteroatoms. The Morgan fingerprint density at radius 3 is 2.67 bits per heavy atom. The summed E-state index contributed by atoms with van der Waals surface area (Å²) in [5.41, 5.74) is -2.01. The molecule has 1 saturated heterocycles. The van der Waals surface area contributed by atoms with E-state index in [4.69, 9.17) is 4.74 Å². The molecule has 1 aromatic carbocycles. The van der Waals surface area contributed by atoms with Crippen LogP contribution in [0.1, 0.15) is 25.3 Å². The molecule has 1 aliphatic heterocycles. The normalized spacial score (nSPS) is 22.1. The average Bonchev–Trinajstić information content (AvgIpc) is 2.86. The molecule has 1 atom stereocenters. The Hall–Kier alpha value is -1.76. The predicted molar refractivity (Wildman–Crippen MR) is 72.3 cm³/mol. The summed E-state index contributed by atoms with van der Waals surface area (Å²) in [5.74, 6) is -0.374. The van der Waals surface area contributed by atoms with Gasteiger partial charge in [-0.25, -0.2) is 0 Å². The number of ether oxygens (including phenoxy) is 1. The number of anilines is 1. The highest BCUT2D eigenvalue weighted by molar-refractivity contribution is 5.98. The molecule has 21 heavy (non-hydrogen) atoms. The number of carbonyl (C=O) groups excluding carboxylic acids is 1. The Labute approximate surface area is 120 Å². The Bertz CT molecular complexity index is 538. The lowest BCUT2D eigenvalue weighted by molar-refractivity contribution is -0.137. The highest BCUT2D eigenvalue weighted by Crippen LogP contribution is 2.37. The van der Waals surface area contributed by atoms with Gasteiger partial charge in [-0.3, -0.25) is 4.79 Å². The molecular formula is C14H17F3N2O2. The van der Waals surface area contributed by atoms with Gasteiger partial charge < -0.3 is 15.4 Å². The fraction of sp³-hybridized carbons (Fsp3) is 0.500.